The molecule has 0 radical (unpaired) electrons. The molecule has 10 heavy (non-hydrogen) atoms. The van der Waals surface area contributed by atoms with E-state index in [0.717, 1.165) is 13.0 Å². The highest BCUT2D eigenvalue weighted by Crippen LogP contribution is 1.91. The van der Waals surface area contributed by atoms with Crippen molar-refractivity contribution in [3.8, 4) is 0 Å². The van der Waals surface area contributed by atoms with Crippen molar-refractivity contribution in [1.29, 1.82) is 0 Å². The third-order valence-corrected chi connectivity index (χ3v) is 1.38. The van der Waals surface area contributed by atoms with E-state index in [0.29, 0.717) is 0 Å². The molecule has 0 atom stereocenters. The van der Waals surface area contributed by atoms with Crippen molar-refractivity contribution in [2.45, 2.75) is 33.6 Å². The fraction of sp³-hybridized carbons (Fsp3) is 0.667. The molecule has 0 N–H and O–H groups in total. The van der Waals surface area contributed by atoms with Crippen LogP contribution in [0.25, 0.3) is 0 Å². The van der Waals surface area contributed by atoms with Gasteiger partial charge in [-0.3, -0.25) is 4.99 Å². The number of aliphatic imine (C=N–C) groups is 1. The van der Waals surface area contributed by atoms with Crippen LogP contribution in [0.3, 0.4) is 0 Å². The summed E-state index contributed by atoms with van der Waals surface area (Å²) in [5.41, 5.74) is 1.34. The maximum atomic E-state index is 4.24. The second kappa shape index (κ2) is 6.53. The molecule has 0 aromatic heterocycles. The summed E-state index contributed by atoms with van der Waals surface area (Å²) in [5.74, 6) is 0. The second-order valence-electron chi connectivity index (χ2n) is 2.45. The molecule has 0 saturated heterocycles. The summed E-state index contributed by atoms with van der Waals surface area (Å²) in [4.78, 5) is 4.24. The molecule has 58 valence electrons. The Bertz CT molecular complexity index is 123. The molecule has 0 aliphatic carbocycles. The van der Waals surface area contributed by atoms with Gasteiger partial charge in [-0.2, -0.15) is 0 Å². The maximum Gasteiger partial charge on any atom is 0.0592 e. The van der Waals surface area contributed by atoms with Gasteiger partial charge in [-0.1, -0.05) is 25.0 Å². The van der Waals surface area contributed by atoms with E-state index >= 15 is 0 Å². The minimum Gasteiger partial charge on any atom is -0.293 e. The van der Waals surface area contributed by atoms with Crippen molar-refractivity contribution >= 4 is 6.21 Å². The predicted octanol–water partition coefficient (Wildman–Crippen LogP) is 2.82. The fourth-order valence-electron chi connectivity index (χ4n) is 0.520. The standard InChI is InChI=1S/C9H17N/c1-4-6-7-10-8-9(3)5-2/h5,7H,4,6,8H2,1-3H3. The van der Waals surface area contributed by atoms with E-state index < -0.39 is 0 Å². The molecule has 0 aromatic carbocycles. The van der Waals surface area contributed by atoms with Gasteiger partial charge < -0.3 is 0 Å². The Hall–Kier alpha value is -0.590. The lowest BCUT2D eigenvalue weighted by Crippen LogP contribution is -1.82. The molecule has 0 amide bonds. The fourth-order valence-corrected chi connectivity index (χ4v) is 0.520. The second-order valence-corrected chi connectivity index (χ2v) is 2.45. The third kappa shape index (κ3) is 5.54. The number of hydrogen-bond acceptors (Lipinski definition) is 1. The van der Waals surface area contributed by atoms with Gasteiger partial charge in [0.05, 0.1) is 6.54 Å². The highest BCUT2D eigenvalue weighted by Gasteiger charge is 1.80. The Morgan fingerprint density at radius 2 is 2.20 bits per heavy atom. The van der Waals surface area contributed by atoms with Crippen LogP contribution < -0.4 is 0 Å². The zero-order valence-corrected chi connectivity index (χ0v) is 7.22. The minimum absolute atomic E-state index is 0.872. The molecule has 0 spiro atoms. The lowest BCUT2D eigenvalue weighted by molar-refractivity contribution is 0.996. The van der Waals surface area contributed by atoms with E-state index in [2.05, 4.69) is 24.9 Å². The van der Waals surface area contributed by atoms with Crippen LogP contribution in [0, 0.1) is 0 Å². The summed E-state index contributed by atoms with van der Waals surface area (Å²) >= 11 is 0. The van der Waals surface area contributed by atoms with E-state index in [4.69, 9.17) is 0 Å². The van der Waals surface area contributed by atoms with Gasteiger partial charge in [0, 0.05) is 0 Å². The summed E-state index contributed by atoms with van der Waals surface area (Å²) in [7, 11) is 0. The molecule has 0 aliphatic heterocycles. The van der Waals surface area contributed by atoms with Crippen molar-refractivity contribution in [3.63, 3.8) is 0 Å². The van der Waals surface area contributed by atoms with Crippen molar-refractivity contribution in [2.24, 2.45) is 4.99 Å². The predicted molar refractivity (Wildman–Crippen MR) is 47.7 cm³/mol. The lowest BCUT2D eigenvalue weighted by Gasteiger charge is -1.91. The minimum atomic E-state index is 0.872. The number of allylic oxidation sites excluding steroid dienone is 1. The largest absolute Gasteiger partial charge is 0.293 e. The Balaban J connectivity index is 3.34. The number of rotatable bonds is 4. The SMILES string of the molecule is CC=C(C)CN=CCCC. The van der Waals surface area contributed by atoms with Crippen molar-refractivity contribution in [1.82, 2.24) is 0 Å². The molecule has 1 heteroatoms. The molecule has 0 saturated carbocycles. The van der Waals surface area contributed by atoms with Crippen molar-refractivity contribution < 1.29 is 0 Å². The molecule has 0 heterocycles. The van der Waals surface area contributed by atoms with Crippen molar-refractivity contribution in [2.75, 3.05) is 6.54 Å². The zero-order valence-electron chi connectivity index (χ0n) is 7.22. The van der Waals surface area contributed by atoms with Crippen LogP contribution in [0.4, 0.5) is 0 Å². The Kier molecular flexibility index (Phi) is 6.14. The summed E-state index contributed by atoms with van der Waals surface area (Å²) in [5, 5.41) is 0. The van der Waals surface area contributed by atoms with Crippen LogP contribution >= 0.6 is 0 Å². The first-order valence-corrected chi connectivity index (χ1v) is 3.91. The molecular formula is C9H17N. The van der Waals surface area contributed by atoms with E-state index in [-0.39, 0.29) is 0 Å². The first kappa shape index (κ1) is 9.41. The van der Waals surface area contributed by atoms with E-state index in [9.17, 15) is 0 Å². The first-order chi connectivity index (χ1) is 4.81. The Morgan fingerprint density at radius 3 is 2.70 bits per heavy atom. The molecule has 0 fully saturated rings. The van der Waals surface area contributed by atoms with Gasteiger partial charge in [0.1, 0.15) is 0 Å². The van der Waals surface area contributed by atoms with Crippen LogP contribution in [0.2, 0.25) is 0 Å². The van der Waals surface area contributed by atoms with Crippen LogP contribution in [-0.4, -0.2) is 12.8 Å². The third-order valence-electron chi connectivity index (χ3n) is 1.38. The van der Waals surface area contributed by atoms with Crippen LogP contribution in [0.15, 0.2) is 16.6 Å². The van der Waals surface area contributed by atoms with Gasteiger partial charge in [-0.05, 0) is 26.5 Å². The summed E-state index contributed by atoms with van der Waals surface area (Å²) in [6.07, 6.45) is 6.41. The normalized spacial score (nSPS) is 12.9. The number of nitrogens with zero attached hydrogens (tertiary/aromatic N) is 1. The van der Waals surface area contributed by atoms with E-state index in [1.165, 1.54) is 12.0 Å². The molecule has 1 nitrogen and oxygen atoms in total. The number of unbranched alkanes of at least 4 members (excludes halogenated alkanes) is 1. The van der Waals surface area contributed by atoms with Crippen LogP contribution in [0.5, 0.6) is 0 Å². The summed E-state index contributed by atoms with van der Waals surface area (Å²) in [6, 6.07) is 0. The van der Waals surface area contributed by atoms with Gasteiger partial charge in [0.25, 0.3) is 0 Å². The van der Waals surface area contributed by atoms with Crippen LogP contribution in [0.1, 0.15) is 33.6 Å². The molecule has 0 unspecified atom stereocenters. The maximum absolute atomic E-state index is 4.24. The molecule has 0 aliphatic rings. The van der Waals surface area contributed by atoms with Crippen molar-refractivity contribution in [3.05, 3.63) is 11.6 Å². The average Bonchev–Trinajstić information content (AvgIpc) is 1.98. The average molecular weight is 139 g/mol. The van der Waals surface area contributed by atoms with Gasteiger partial charge in [-0.15, -0.1) is 0 Å². The Morgan fingerprint density at radius 1 is 1.50 bits per heavy atom. The molecule has 0 aromatic rings. The van der Waals surface area contributed by atoms with Gasteiger partial charge in [-0.25, -0.2) is 0 Å². The highest BCUT2D eigenvalue weighted by molar-refractivity contribution is 5.57. The molecular weight excluding hydrogens is 122 g/mol. The van der Waals surface area contributed by atoms with Gasteiger partial charge in [0.2, 0.25) is 0 Å². The summed E-state index contributed by atoms with van der Waals surface area (Å²) < 4.78 is 0. The molecule has 0 rings (SSSR count). The van der Waals surface area contributed by atoms with Gasteiger partial charge in [0.15, 0.2) is 0 Å². The van der Waals surface area contributed by atoms with E-state index in [1.807, 2.05) is 13.1 Å². The number of hydrogen-bond donors (Lipinski definition) is 0. The molecule has 0 bridgehead atoms. The van der Waals surface area contributed by atoms with Crippen LogP contribution in [-0.2, 0) is 0 Å². The first-order valence-electron chi connectivity index (χ1n) is 3.91. The Labute approximate surface area is 63.9 Å². The zero-order chi connectivity index (χ0) is 7.82. The lowest BCUT2D eigenvalue weighted by atomic mass is 10.3. The quantitative estimate of drug-likeness (QED) is 0.419. The van der Waals surface area contributed by atoms with Gasteiger partial charge >= 0.3 is 0 Å². The summed E-state index contributed by atoms with van der Waals surface area (Å²) in [6.45, 7) is 7.18. The smallest absolute Gasteiger partial charge is 0.0592 e. The van der Waals surface area contributed by atoms with E-state index in [1.54, 1.807) is 0 Å². The highest BCUT2D eigenvalue weighted by atomic mass is 14.7. The topological polar surface area (TPSA) is 12.4 Å². The monoisotopic (exact) mass is 139 g/mol.